The number of nitrogens with zero attached hydrogens (tertiary/aromatic N) is 1. The Hall–Kier alpha value is -2.27. The van der Waals surface area contributed by atoms with Crippen LogP contribution in [0, 0.1) is 0 Å². The summed E-state index contributed by atoms with van der Waals surface area (Å²) in [6.07, 6.45) is 5.32. The first-order valence-electron chi connectivity index (χ1n) is 8.63. The standard InChI is InChI=1S/C20H27NO4/c1-15-7-6-8-16(23)13-19(21(15)11-4-5-12-22)18-10-9-17(24-2)14-20(18)25-3/h9-10,13-14,22H,1,4-8,11-12H2,2-3H3/b19-13-. The number of aliphatic hydroxyl groups is 1. The van der Waals surface area contributed by atoms with E-state index in [-0.39, 0.29) is 12.4 Å². The molecule has 0 fully saturated rings. The number of hydrogen-bond donors (Lipinski definition) is 1. The first kappa shape index (κ1) is 19.1. The number of carbonyl (C=O) groups excluding carboxylic acids is 1. The van der Waals surface area contributed by atoms with Crippen molar-refractivity contribution in [3.05, 3.63) is 42.1 Å². The van der Waals surface area contributed by atoms with E-state index in [1.807, 2.05) is 18.2 Å². The Balaban J connectivity index is 2.47. The van der Waals surface area contributed by atoms with Gasteiger partial charge in [-0.25, -0.2) is 0 Å². The van der Waals surface area contributed by atoms with E-state index in [1.165, 1.54) is 0 Å². The molecule has 1 aliphatic rings. The van der Waals surface area contributed by atoms with E-state index in [9.17, 15) is 4.79 Å². The van der Waals surface area contributed by atoms with Crippen LogP contribution in [-0.2, 0) is 4.79 Å². The van der Waals surface area contributed by atoms with Gasteiger partial charge in [-0.1, -0.05) is 6.58 Å². The second kappa shape index (κ2) is 9.28. The highest BCUT2D eigenvalue weighted by Gasteiger charge is 2.22. The number of hydrogen-bond acceptors (Lipinski definition) is 5. The largest absolute Gasteiger partial charge is 0.497 e. The van der Waals surface area contributed by atoms with Crippen LogP contribution < -0.4 is 9.47 Å². The zero-order valence-corrected chi connectivity index (χ0v) is 15.1. The van der Waals surface area contributed by atoms with E-state index < -0.39 is 0 Å². The second-order valence-corrected chi connectivity index (χ2v) is 6.06. The van der Waals surface area contributed by atoms with Crippen molar-refractivity contribution >= 4 is 11.5 Å². The minimum atomic E-state index is 0.104. The average molecular weight is 345 g/mol. The third-order valence-corrected chi connectivity index (χ3v) is 4.33. The van der Waals surface area contributed by atoms with Crippen LogP contribution >= 0.6 is 0 Å². The molecule has 0 spiro atoms. The van der Waals surface area contributed by atoms with Gasteiger partial charge in [0.1, 0.15) is 11.5 Å². The van der Waals surface area contributed by atoms with Crippen molar-refractivity contribution in [3.63, 3.8) is 0 Å². The van der Waals surface area contributed by atoms with Gasteiger partial charge in [0.25, 0.3) is 0 Å². The molecule has 2 rings (SSSR count). The zero-order valence-electron chi connectivity index (χ0n) is 15.1. The molecule has 136 valence electrons. The predicted molar refractivity (Wildman–Crippen MR) is 98.5 cm³/mol. The van der Waals surface area contributed by atoms with Crippen molar-refractivity contribution in [2.45, 2.75) is 32.1 Å². The number of ketones is 1. The van der Waals surface area contributed by atoms with Crippen LogP contribution in [0.1, 0.15) is 37.7 Å². The minimum absolute atomic E-state index is 0.104. The maximum absolute atomic E-state index is 12.3. The lowest BCUT2D eigenvalue weighted by atomic mass is 10.0. The molecule has 1 aromatic carbocycles. The molecule has 1 N–H and O–H groups in total. The van der Waals surface area contributed by atoms with Crippen LogP contribution in [0.3, 0.4) is 0 Å². The van der Waals surface area contributed by atoms with Gasteiger partial charge in [0.2, 0.25) is 0 Å². The Morgan fingerprint density at radius 3 is 2.68 bits per heavy atom. The summed E-state index contributed by atoms with van der Waals surface area (Å²) in [7, 11) is 3.21. The molecule has 1 aromatic rings. The quantitative estimate of drug-likeness (QED) is 0.768. The van der Waals surface area contributed by atoms with Crippen LogP contribution in [0.15, 0.2) is 36.6 Å². The Bertz CT molecular complexity index is 651. The highest BCUT2D eigenvalue weighted by Crippen LogP contribution is 2.35. The van der Waals surface area contributed by atoms with Gasteiger partial charge in [-0.05, 0) is 37.8 Å². The fourth-order valence-electron chi connectivity index (χ4n) is 2.97. The SMILES string of the molecule is C=C1CCCC(=O)/C=C(/c2ccc(OC)cc2OC)N1CCCCO. The molecule has 0 atom stereocenters. The van der Waals surface area contributed by atoms with Crippen molar-refractivity contribution in [3.8, 4) is 11.5 Å². The first-order chi connectivity index (χ1) is 12.1. The molecule has 1 heterocycles. The predicted octanol–water partition coefficient (Wildman–Crippen LogP) is 3.39. The van der Waals surface area contributed by atoms with E-state index in [0.717, 1.165) is 36.2 Å². The number of unbranched alkanes of at least 4 members (excludes halogenated alkanes) is 1. The Morgan fingerprint density at radius 1 is 1.20 bits per heavy atom. The minimum Gasteiger partial charge on any atom is -0.497 e. The number of rotatable bonds is 7. The Labute approximate surface area is 149 Å². The fraction of sp³-hybridized carbons (Fsp3) is 0.450. The normalized spacial score (nSPS) is 17.6. The van der Waals surface area contributed by atoms with E-state index in [2.05, 4.69) is 11.5 Å². The van der Waals surface area contributed by atoms with Gasteiger partial charge in [0, 0.05) is 43.0 Å². The molecule has 0 radical (unpaired) electrons. The van der Waals surface area contributed by atoms with Gasteiger partial charge < -0.3 is 19.5 Å². The molecule has 0 bridgehead atoms. The summed E-state index contributed by atoms with van der Waals surface area (Å²) in [6, 6.07) is 5.58. The van der Waals surface area contributed by atoms with Crippen LogP contribution in [0.4, 0.5) is 0 Å². The Kier molecular flexibility index (Phi) is 7.07. The number of aliphatic hydroxyl groups excluding tert-OH is 1. The molecule has 0 unspecified atom stereocenters. The van der Waals surface area contributed by atoms with Crippen LogP contribution in [0.5, 0.6) is 11.5 Å². The maximum atomic E-state index is 12.3. The lowest BCUT2D eigenvalue weighted by molar-refractivity contribution is -0.114. The molecule has 0 saturated heterocycles. The van der Waals surface area contributed by atoms with Gasteiger partial charge in [0.15, 0.2) is 5.78 Å². The summed E-state index contributed by atoms with van der Waals surface area (Å²) in [5.74, 6) is 1.45. The van der Waals surface area contributed by atoms with E-state index in [1.54, 1.807) is 20.3 Å². The Morgan fingerprint density at radius 2 is 2.00 bits per heavy atom. The van der Waals surface area contributed by atoms with Gasteiger partial charge in [-0.2, -0.15) is 0 Å². The number of carbonyl (C=O) groups is 1. The first-order valence-corrected chi connectivity index (χ1v) is 8.63. The lowest BCUT2D eigenvalue weighted by Crippen LogP contribution is -2.25. The van der Waals surface area contributed by atoms with Gasteiger partial charge in [-0.15, -0.1) is 0 Å². The number of benzene rings is 1. The van der Waals surface area contributed by atoms with E-state index in [0.29, 0.717) is 30.9 Å². The summed E-state index contributed by atoms with van der Waals surface area (Å²) in [5.41, 5.74) is 2.62. The van der Waals surface area contributed by atoms with Crippen molar-refractivity contribution < 1.29 is 19.4 Å². The molecule has 0 aromatic heterocycles. The fourth-order valence-corrected chi connectivity index (χ4v) is 2.97. The van der Waals surface area contributed by atoms with Gasteiger partial charge in [-0.3, -0.25) is 4.79 Å². The monoisotopic (exact) mass is 345 g/mol. The summed E-state index contributed by atoms with van der Waals surface area (Å²) in [5, 5.41) is 9.08. The van der Waals surface area contributed by atoms with Crippen LogP contribution in [0.25, 0.3) is 5.70 Å². The van der Waals surface area contributed by atoms with Gasteiger partial charge >= 0.3 is 0 Å². The maximum Gasteiger partial charge on any atom is 0.157 e. The molecule has 5 heteroatoms. The summed E-state index contributed by atoms with van der Waals surface area (Å²) >= 11 is 0. The summed E-state index contributed by atoms with van der Waals surface area (Å²) < 4.78 is 10.8. The summed E-state index contributed by atoms with van der Waals surface area (Å²) in [4.78, 5) is 14.4. The average Bonchev–Trinajstić information content (AvgIpc) is 2.62. The molecule has 0 saturated carbocycles. The third kappa shape index (κ3) is 4.86. The molecule has 0 amide bonds. The van der Waals surface area contributed by atoms with E-state index in [4.69, 9.17) is 14.6 Å². The molecular weight excluding hydrogens is 318 g/mol. The van der Waals surface area contributed by atoms with E-state index >= 15 is 0 Å². The molecular formula is C20H27NO4. The number of ether oxygens (including phenoxy) is 2. The lowest BCUT2D eigenvalue weighted by Gasteiger charge is -2.31. The van der Waals surface area contributed by atoms with Crippen molar-refractivity contribution in [1.82, 2.24) is 4.90 Å². The second-order valence-electron chi connectivity index (χ2n) is 6.06. The van der Waals surface area contributed by atoms with Crippen LogP contribution in [-0.4, -0.2) is 43.2 Å². The smallest absolute Gasteiger partial charge is 0.157 e. The number of methoxy groups -OCH3 is 2. The third-order valence-electron chi connectivity index (χ3n) is 4.33. The van der Waals surface area contributed by atoms with Crippen molar-refractivity contribution in [2.24, 2.45) is 0 Å². The molecule has 25 heavy (non-hydrogen) atoms. The highest BCUT2D eigenvalue weighted by atomic mass is 16.5. The summed E-state index contributed by atoms with van der Waals surface area (Å²) in [6.45, 7) is 5.07. The molecule has 0 aliphatic carbocycles. The number of allylic oxidation sites excluding steroid dienone is 2. The van der Waals surface area contributed by atoms with Crippen LogP contribution in [0.2, 0.25) is 0 Å². The molecule has 1 aliphatic heterocycles. The molecule has 5 nitrogen and oxygen atoms in total. The zero-order chi connectivity index (χ0) is 18.2. The highest BCUT2D eigenvalue weighted by molar-refractivity contribution is 5.97. The topological polar surface area (TPSA) is 59.0 Å². The van der Waals surface area contributed by atoms with Crippen molar-refractivity contribution in [2.75, 3.05) is 27.4 Å². The van der Waals surface area contributed by atoms with Gasteiger partial charge in [0.05, 0.1) is 19.9 Å². The van der Waals surface area contributed by atoms with Crippen molar-refractivity contribution in [1.29, 1.82) is 0 Å².